The molecule has 75 valence electrons. The normalized spacial score (nSPS) is 10.0. The van der Waals surface area contributed by atoms with Crippen LogP contribution in [-0.2, 0) is 32.7 Å². The van der Waals surface area contributed by atoms with Crippen LogP contribution < -0.4 is 4.74 Å². The van der Waals surface area contributed by atoms with E-state index < -0.39 is 0 Å². The Bertz CT molecular complexity index is 328. The number of ether oxygens (including phenoxy) is 1. The van der Waals surface area contributed by atoms with E-state index in [0.29, 0.717) is 6.61 Å². The van der Waals surface area contributed by atoms with Gasteiger partial charge in [0, 0.05) is 38.5 Å². The quantitative estimate of drug-likeness (QED) is 0.592. The Morgan fingerprint density at radius 1 is 1.47 bits per heavy atom. The second-order valence-electron chi connectivity index (χ2n) is 2.71. The van der Waals surface area contributed by atoms with E-state index in [1.165, 1.54) is 0 Å². The van der Waals surface area contributed by atoms with Gasteiger partial charge in [0.1, 0.15) is 0 Å². The van der Waals surface area contributed by atoms with Crippen LogP contribution in [0.1, 0.15) is 0 Å². The van der Waals surface area contributed by atoms with Gasteiger partial charge >= 0.3 is 0 Å². The molecule has 2 heteroatoms. The largest absolute Gasteiger partial charge is 0.547 e. The van der Waals surface area contributed by atoms with Crippen LogP contribution in [0.25, 0.3) is 0 Å². The SMILES string of the molecule is C=C/C=C(\C=C)COc1c[c-]ccc1.[Y]. The molecule has 0 N–H and O–H groups in total. The first-order valence-corrected chi connectivity index (χ1v) is 4.39. The molecule has 0 aliphatic carbocycles. The summed E-state index contributed by atoms with van der Waals surface area (Å²) < 4.78 is 5.49. The molecule has 1 aromatic carbocycles. The predicted molar refractivity (Wildman–Crippen MR) is 59.3 cm³/mol. The van der Waals surface area contributed by atoms with E-state index in [2.05, 4.69) is 19.2 Å². The van der Waals surface area contributed by atoms with E-state index in [9.17, 15) is 0 Å². The van der Waals surface area contributed by atoms with Gasteiger partial charge in [-0.15, -0.1) is 12.1 Å². The van der Waals surface area contributed by atoms with Gasteiger partial charge in [0.25, 0.3) is 0 Å². The molecule has 0 aliphatic rings. The molecule has 0 aliphatic heterocycles. The molecule has 0 aromatic heterocycles. The van der Waals surface area contributed by atoms with Crippen LogP contribution >= 0.6 is 0 Å². The van der Waals surface area contributed by atoms with E-state index in [1.54, 1.807) is 18.2 Å². The molecule has 1 radical (unpaired) electrons. The molecule has 0 heterocycles. The van der Waals surface area contributed by atoms with Crippen LogP contribution in [0.15, 0.2) is 61.2 Å². The van der Waals surface area contributed by atoms with Crippen LogP contribution in [0.5, 0.6) is 5.75 Å². The maximum Gasteiger partial charge on any atom is 0.0968 e. The molecule has 0 atom stereocenters. The van der Waals surface area contributed by atoms with Gasteiger partial charge in [0.05, 0.1) is 6.61 Å². The maximum absolute atomic E-state index is 5.49. The Morgan fingerprint density at radius 2 is 2.27 bits per heavy atom. The third-order valence-electron chi connectivity index (χ3n) is 1.68. The summed E-state index contributed by atoms with van der Waals surface area (Å²) in [5.74, 6) is 0.810. The van der Waals surface area contributed by atoms with Crippen LogP contribution in [0.3, 0.4) is 0 Å². The van der Waals surface area contributed by atoms with Crippen molar-refractivity contribution in [1.29, 1.82) is 0 Å². The molecular weight excluding hydrogens is 261 g/mol. The van der Waals surface area contributed by atoms with Crippen molar-refractivity contribution in [3.63, 3.8) is 0 Å². The number of rotatable bonds is 5. The van der Waals surface area contributed by atoms with Crippen LogP contribution in [0.4, 0.5) is 0 Å². The summed E-state index contributed by atoms with van der Waals surface area (Å²) in [6.45, 7) is 7.81. The van der Waals surface area contributed by atoms with E-state index in [4.69, 9.17) is 4.74 Å². The van der Waals surface area contributed by atoms with Crippen molar-refractivity contribution in [1.82, 2.24) is 0 Å². The van der Waals surface area contributed by atoms with Gasteiger partial charge in [-0.25, -0.2) is 0 Å². The molecule has 0 amide bonds. The van der Waals surface area contributed by atoms with Gasteiger partial charge in [0.2, 0.25) is 0 Å². The number of hydrogen-bond acceptors (Lipinski definition) is 1. The fourth-order valence-electron chi connectivity index (χ4n) is 0.960. The summed E-state index contributed by atoms with van der Waals surface area (Å²) in [6, 6.07) is 10.4. The molecule has 15 heavy (non-hydrogen) atoms. The summed E-state index contributed by atoms with van der Waals surface area (Å²) in [4.78, 5) is 0. The predicted octanol–water partition coefficient (Wildman–Crippen LogP) is 3.16. The third kappa shape index (κ3) is 5.71. The minimum Gasteiger partial charge on any atom is -0.547 e. The van der Waals surface area contributed by atoms with Crippen molar-refractivity contribution in [2.24, 2.45) is 0 Å². The zero-order chi connectivity index (χ0) is 10.2. The first kappa shape index (κ1) is 14.3. The van der Waals surface area contributed by atoms with Gasteiger partial charge < -0.3 is 4.74 Å². The summed E-state index contributed by atoms with van der Waals surface area (Å²) in [6.07, 6.45) is 5.35. The van der Waals surface area contributed by atoms with E-state index in [1.807, 2.05) is 24.3 Å². The molecule has 0 saturated heterocycles. The van der Waals surface area contributed by atoms with Gasteiger partial charge in [-0.1, -0.05) is 31.4 Å². The van der Waals surface area contributed by atoms with Crippen molar-refractivity contribution in [2.75, 3.05) is 6.61 Å². The average molecular weight is 274 g/mol. The van der Waals surface area contributed by atoms with Crippen molar-refractivity contribution in [3.05, 3.63) is 67.3 Å². The van der Waals surface area contributed by atoms with E-state index in [0.717, 1.165) is 11.3 Å². The molecule has 1 rings (SSSR count). The topological polar surface area (TPSA) is 9.23 Å². The number of allylic oxidation sites excluding steroid dienone is 2. The Hall–Kier alpha value is -0.656. The molecule has 1 aromatic rings. The van der Waals surface area contributed by atoms with Crippen molar-refractivity contribution in [3.8, 4) is 5.75 Å². The first-order valence-electron chi connectivity index (χ1n) is 4.39. The average Bonchev–Trinajstić information content (AvgIpc) is 2.25. The smallest absolute Gasteiger partial charge is 0.0968 e. The Kier molecular flexibility index (Phi) is 8.26. The van der Waals surface area contributed by atoms with Crippen molar-refractivity contribution >= 4 is 0 Å². The fourth-order valence-corrected chi connectivity index (χ4v) is 0.960. The standard InChI is InChI=1S/C13H13O.Y/c1-3-8-12(4-2)11-14-13-9-6-5-7-10-13;/h3-6,8-10H,1-2,11H2;/q-1;/b12-8+;. The van der Waals surface area contributed by atoms with Crippen LogP contribution in [-0.4, -0.2) is 6.61 Å². The molecule has 0 unspecified atom stereocenters. The Morgan fingerprint density at radius 3 is 2.80 bits per heavy atom. The second-order valence-corrected chi connectivity index (χ2v) is 2.71. The van der Waals surface area contributed by atoms with Gasteiger partial charge in [0.15, 0.2) is 0 Å². The molecule has 0 saturated carbocycles. The minimum atomic E-state index is 0. The molecule has 0 spiro atoms. The monoisotopic (exact) mass is 274 g/mol. The minimum absolute atomic E-state index is 0. The van der Waals surface area contributed by atoms with Gasteiger partial charge in [-0.05, 0) is 5.57 Å². The fraction of sp³-hybridized carbons (Fsp3) is 0.0769. The third-order valence-corrected chi connectivity index (χ3v) is 1.68. The maximum atomic E-state index is 5.49. The summed E-state index contributed by atoms with van der Waals surface area (Å²) in [5.41, 5.74) is 1.00. The zero-order valence-corrected chi connectivity index (χ0v) is 11.5. The number of hydrogen-bond donors (Lipinski definition) is 0. The van der Waals surface area contributed by atoms with Gasteiger partial charge in [-0.3, -0.25) is 0 Å². The van der Waals surface area contributed by atoms with Crippen molar-refractivity contribution in [2.45, 2.75) is 0 Å². The summed E-state index contributed by atoms with van der Waals surface area (Å²) >= 11 is 0. The molecule has 1 nitrogen and oxygen atoms in total. The molecule has 0 fully saturated rings. The molecule has 0 bridgehead atoms. The van der Waals surface area contributed by atoms with E-state index in [-0.39, 0.29) is 32.7 Å². The first-order chi connectivity index (χ1) is 6.86. The molecular formula is C13H13OY-. The van der Waals surface area contributed by atoms with Crippen LogP contribution in [0, 0.1) is 6.07 Å². The summed E-state index contributed by atoms with van der Waals surface area (Å²) in [7, 11) is 0. The van der Waals surface area contributed by atoms with Crippen molar-refractivity contribution < 1.29 is 37.4 Å². The van der Waals surface area contributed by atoms with Crippen LogP contribution in [0.2, 0.25) is 0 Å². The summed E-state index contributed by atoms with van der Waals surface area (Å²) in [5, 5.41) is 0. The Balaban J connectivity index is 0.00000196. The van der Waals surface area contributed by atoms with Gasteiger partial charge in [-0.2, -0.15) is 18.2 Å². The zero-order valence-electron chi connectivity index (χ0n) is 8.65. The van der Waals surface area contributed by atoms with E-state index >= 15 is 0 Å². The number of benzene rings is 1. The second kappa shape index (κ2) is 8.64. The Labute approximate surface area is 116 Å².